The van der Waals surface area contributed by atoms with Crippen LogP contribution in [0, 0.1) is 6.92 Å². The number of carbonyl (C=O) groups excluding carboxylic acids is 1. The molecule has 3 aromatic rings. The number of amides is 1. The Labute approximate surface area is 187 Å². The molecule has 0 unspecified atom stereocenters. The van der Waals surface area contributed by atoms with Gasteiger partial charge in [0.25, 0.3) is 0 Å². The lowest BCUT2D eigenvalue weighted by molar-refractivity contribution is -0.115. The van der Waals surface area contributed by atoms with Crippen molar-refractivity contribution in [3.05, 3.63) is 64.1 Å². The van der Waals surface area contributed by atoms with Crippen molar-refractivity contribution < 1.29 is 19.0 Å². The summed E-state index contributed by atoms with van der Waals surface area (Å²) >= 11 is 1.48. The normalized spacial score (nSPS) is 10.5. The number of hydrogen-bond acceptors (Lipinski definition) is 6. The molecule has 1 N–H and O–H groups in total. The Bertz CT molecular complexity index is 985. The molecular weight excluding hydrogens is 412 g/mol. The molecule has 0 fully saturated rings. The van der Waals surface area contributed by atoms with E-state index in [1.54, 1.807) is 13.2 Å². The van der Waals surface area contributed by atoms with Crippen LogP contribution in [0.4, 0.5) is 5.69 Å². The predicted octanol–water partition coefficient (Wildman–Crippen LogP) is 5.40. The number of ether oxygens (including phenoxy) is 3. The smallest absolute Gasteiger partial charge is 0.230 e. The quantitative estimate of drug-likeness (QED) is 0.404. The van der Waals surface area contributed by atoms with Crippen LogP contribution in [-0.4, -0.2) is 24.6 Å². The van der Waals surface area contributed by atoms with E-state index in [1.165, 1.54) is 16.9 Å². The third kappa shape index (κ3) is 7.00. The van der Waals surface area contributed by atoms with Crippen LogP contribution in [0.15, 0.2) is 47.8 Å². The van der Waals surface area contributed by atoms with Crippen molar-refractivity contribution in [1.82, 2.24) is 4.98 Å². The minimum atomic E-state index is -0.162. The van der Waals surface area contributed by atoms with E-state index in [0.29, 0.717) is 36.1 Å². The fourth-order valence-electron chi connectivity index (χ4n) is 2.82. The van der Waals surface area contributed by atoms with Gasteiger partial charge in [0.1, 0.15) is 28.9 Å². The van der Waals surface area contributed by atoms with Crippen molar-refractivity contribution in [3.63, 3.8) is 0 Å². The molecule has 0 aliphatic carbocycles. The Morgan fingerprint density at radius 3 is 2.61 bits per heavy atom. The molecule has 1 heterocycles. The van der Waals surface area contributed by atoms with Crippen molar-refractivity contribution >= 4 is 22.9 Å². The average molecular weight is 441 g/mol. The van der Waals surface area contributed by atoms with Gasteiger partial charge in [-0.2, -0.15) is 0 Å². The largest absolute Gasteiger partial charge is 0.497 e. The summed E-state index contributed by atoms with van der Waals surface area (Å²) in [6.07, 6.45) is 2.16. The highest BCUT2D eigenvalue weighted by atomic mass is 32.1. The number of benzene rings is 2. The molecule has 0 aliphatic heterocycles. The highest BCUT2D eigenvalue weighted by Gasteiger charge is 2.13. The molecule has 164 valence electrons. The van der Waals surface area contributed by atoms with E-state index >= 15 is 0 Å². The van der Waals surface area contributed by atoms with E-state index in [0.717, 1.165) is 23.6 Å². The van der Waals surface area contributed by atoms with E-state index in [9.17, 15) is 4.79 Å². The van der Waals surface area contributed by atoms with E-state index in [4.69, 9.17) is 14.2 Å². The summed E-state index contributed by atoms with van der Waals surface area (Å²) in [4.78, 5) is 17.1. The van der Waals surface area contributed by atoms with Crippen LogP contribution >= 0.6 is 11.3 Å². The fourth-order valence-corrected chi connectivity index (χ4v) is 3.53. The molecule has 0 atom stereocenters. The van der Waals surface area contributed by atoms with Crippen LogP contribution in [0.1, 0.15) is 36.0 Å². The Balaban J connectivity index is 1.57. The molecule has 31 heavy (non-hydrogen) atoms. The first-order valence-corrected chi connectivity index (χ1v) is 11.2. The SMILES string of the molecule is CCCCOc1ccc(OC)cc1NC(=O)Cc1csc(COc2ccc(C)cc2)n1. The van der Waals surface area contributed by atoms with Crippen molar-refractivity contribution in [2.75, 3.05) is 19.0 Å². The van der Waals surface area contributed by atoms with Crippen molar-refractivity contribution in [2.24, 2.45) is 0 Å². The lowest BCUT2D eigenvalue weighted by Gasteiger charge is -2.13. The monoisotopic (exact) mass is 440 g/mol. The Morgan fingerprint density at radius 2 is 1.87 bits per heavy atom. The minimum absolute atomic E-state index is 0.162. The number of nitrogens with one attached hydrogen (secondary N) is 1. The average Bonchev–Trinajstić information content (AvgIpc) is 3.21. The second-order valence-corrected chi connectivity index (χ2v) is 8.07. The van der Waals surface area contributed by atoms with E-state index in [2.05, 4.69) is 17.2 Å². The van der Waals surface area contributed by atoms with Gasteiger partial charge in [0.05, 0.1) is 31.5 Å². The summed E-state index contributed by atoms with van der Waals surface area (Å²) in [6, 6.07) is 13.3. The standard InChI is InChI=1S/C24H28N2O4S/c1-4-5-12-29-22-11-10-20(28-3)14-21(22)26-23(27)13-18-16-31-24(25-18)15-30-19-8-6-17(2)7-9-19/h6-11,14,16H,4-5,12-13,15H2,1-3H3,(H,26,27). The van der Waals surface area contributed by atoms with Gasteiger partial charge in [-0.15, -0.1) is 11.3 Å². The number of rotatable bonds is 11. The maximum atomic E-state index is 12.6. The molecule has 0 saturated carbocycles. The molecule has 3 rings (SSSR count). The van der Waals surface area contributed by atoms with E-state index in [1.807, 2.05) is 48.7 Å². The molecule has 0 radical (unpaired) electrons. The van der Waals surface area contributed by atoms with Gasteiger partial charge < -0.3 is 19.5 Å². The topological polar surface area (TPSA) is 69.7 Å². The zero-order valence-corrected chi connectivity index (χ0v) is 19.0. The molecule has 0 saturated heterocycles. The number of methoxy groups -OCH3 is 1. The first kappa shape index (κ1) is 22.6. The van der Waals surface area contributed by atoms with Crippen molar-refractivity contribution in [1.29, 1.82) is 0 Å². The zero-order valence-electron chi connectivity index (χ0n) is 18.1. The van der Waals surface area contributed by atoms with Crippen LogP contribution in [0.5, 0.6) is 17.2 Å². The van der Waals surface area contributed by atoms with Crippen molar-refractivity contribution in [2.45, 2.75) is 39.7 Å². The van der Waals surface area contributed by atoms with Gasteiger partial charge >= 0.3 is 0 Å². The highest BCUT2D eigenvalue weighted by molar-refractivity contribution is 7.09. The van der Waals surface area contributed by atoms with Gasteiger partial charge in [-0.3, -0.25) is 4.79 Å². The summed E-state index contributed by atoms with van der Waals surface area (Å²) in [5, 5.41) is 5.64. The summed E-state index contributed by atoms with van der Waals surface area (Å²) < 4.78 is 16.9. The van der Waals surface area contributed by atoms with Gasteiger partial charge in [-0.1, -0.05) is 31.0 Å². The predicted molar refractivity (Wildman–Crippen MR) is 123 cm³/mol. The number of carbonyl (C=O) groups is 1. The van der Waals surface area contributed by atoms with Crippen LogP contribution in [-0.2, 0) is 17.8 Å². The number of anilines is 1. The Morgan fingerprint density at radius 1 is 1.10 bits per heavy atom. The molecule has 0 bridgehead atoms. The minimum Gasteiger partial charge on any atom is -0.497 e. The third-order valence-corrected chi connectivity index (χ3v) is 5.41. The summed E-state index contributed by atoms with van der Waals surface area (Å²) in [5.41, 5.74) is 2.49. The summed E-state index contributed by atoms with van der Waals surface area (Å²) in [5.74, 6) is 1.93. The van der Waals surface area contributed by atoms with E-state index < -0.39 is 0 Å². The van der Waals surface area contributed by atoms with Crippen LogP contribution in [0.3, 0.4) is 0 Å². The van der Waals surface area contributed by atoms with Gasteiger partial charge in [0.15, 0.2) is 0 Å². The third-order valence-electron chi connectivity index (χ3n) is 4.54. The molecule has 0 spiro atoms. The van der Waals surface area contributed by atoms with Gasteiger partial charge in [0, 0.05) is 11.4 Å². The van der Waals surface area contributed by atoms with E-state index in [-0.39, 0.29) is 12.3 Å². The second-order valence-electron chi connectivity index (χ2n) is 7.12. The second kappa shape index (κ2) is 11.4. The number of aromatic nitrogens is 1. The first-order chi connectivity index (χ1) is 15.1. The van der Waals surface area contributed by atoms with Crippen LogP contribution in [0.2, 0.25) is 0 Å². The fraction of sp³-hybridized carbons (Fsp3) is 0.333. The number of thiazole rings is 1. The molecule has 1 aromatic heterocycles. The Hall–Kier alpha value is -3.06. The first-order valence-electron chi connectivity index (χ1n) is 10.3. The lowest BCUT2D eigenvalue weighted by atomic mass is 10.2. The molecule has 7 heteroatoms. The molecule has 2 aromatic carbocycles. The number of nitrogens with zero attached hydrogens (tertiary/aromatic N) is 1. The number of unbranched alkanes of at least 4 members (excludes halogenated alkanes) is 1. The number of aryl methyl sites for hydroxylation is 1. The van der Waals surface area contributed by atoms with Gasteiger partial charge in [0.2, 0.25) is 5.91 Å². The molecule has 1 amide bonds. The molecule has 6 nitrogen and oxygen atoms in total. The highest BCUT2D eigenvalue weighted by Crippen LogP contribution is 2.29. The van der Waals surface area contributed by atoms with Crippen molar-refractivity contribution in [3.8, 4) is 17.2 Å². The maximum Gasteiger partial charge on any atom is 0.230 e. The van der Waals surface area contributed by atoms with Crippen LogP contribution < -0.4 is 19.5 Å². The summed E-state index contributed by atoms with van der Waals surface area (Å²) in [6.45, 7) is 5.12. The summed E-state index contributed by atoms with van der Waals surface area (Å²) in [7, 11) is 1.59. The zero-order chi connectivity index (χ0) is 22.1. The van der Waals surface area contributed by atoms with Crippen LogP contribution in [0.25, 0.3) is 0 Å². The number of hydrogen-bond donors (Lipinski definition) is 1. The van der Waals surface area contributed by atoms with Gasteiger partial charge in [-0.05, 0) is 37.6 Å². The molecule has 0 aliphatic rings. The van der Waals surface area contributed by atoms with Gasteiger partial charge in [-0.25, -0.2) is 4.98 Å². The lowest BCUT2D eigenvalue weighted by Crippen LogP contribution is -2.16. The Kier molecular flexibility index (Phi) is 8.29. The molecular formula is C24H28N2O4S. The maximum absolute atomic E-state index is 12.6.